The maximum Gasteiger partial charge on any atom is 0.313 e. The largest absolute Gasteiger partial charge is 0.554 e. The van der Waals surface area contributed by atoms with E-state index in [4.69, 9.17) is 9.90 Å². The fourth-order valence-corrected chi connectivity index (χ4v) is 2.68. The highest BCUT2D eigenvalue weighted by molar-refractivity contribution is 5.68. The highest BCUT2D eigenvalue weighted by Crippen LogP contribution is 2.11. The highest BCUT2D eigenvalue weighted by atomic mass is 16.3. The number of hydrogen-bond acceptors (Lipinski definition) is 3. The van der Waals surface area contributed by atoms with Crippen LogP contribution in [0.25, 0.3) is 0 Å². The lowest BCUT2D eigenvalue weighted by Gasteiger charge is -2.20. The minimum absolute atomic E-state index is 0.350. The highest BCUT2D eigenvalue weighted by Gasteiger charge is 2.18. The van der Waals surface area contributed by atoms with E-state index in [9.17, 15) is 4.79 Å². The van der Waals surface area contributed by atoms with Crippen LogP contribution in [0.3, 0.4) is 0 Å². The van der Waals surface area contributed by atoms with E-state index in [1.807, 2.05) is 21.1 Å². The molecule has 0 aromatic heterocycles. The van der Waals surface area contributed by atoms with Gasteiger partial charge in [0.2, 0.25) is 0 Å². The second-order valence-corrected chi connectivity index (χ2v) is 7.84. The summed E-state index contributed by atoms with van der Waals surface area (Å²) in [5.74, 6) is 0.350. The minimum atomic E-state index is -0.500. The number of allylic oxidation sites excluding steroid dienone is 2. The predicted molar refractivity (Wildman–Crippen MR) is 109 cm³/mol. The summed E-state index contributed by atoms with van der Waals surface area (Å²) in [7, 11) is 5.87. The second-order valence-electron chi connectivity index (χ2n) is 7.84. The first kappa shape index (κ1) is 27.1. The van der Waals surface area contributed by atoms with E-state index in [1.165, 1.54) is 77.0 Å². The van der Waals surface area contributed by atoms with Gasteiger partial charge in [-0.15, -0.1) is 0 Å². The van der Waals surface area contributed by atoms with Gasteiger partial charge in [-0.3, -0.25) is 4.48 Å². The quantitative estimate of drug-likeness (QED) is 0.183. The van der Waals surface area contributed by atoms with Crippen LogP contribution >= 0.6 is 0 Å². The molecular formula is C22H43NO3. The first-order valence-corrected chi connectivity index (χ1v) is 10.5. The summed E-state index contributed by atoms with van der Waals surface area (Å²) >= 11 is 0. The molecule has 0 spiro atoms. The number of quaternary nitrogens is 1. The Bertz CT molecular complexity index is 346. The SMILES string of the molecule is CCCCCCCC/C=C\CCCCCCCC(=O)[N+](C)(C)C.O=C[O-]. The molecule has 0 rings (SSSR count). The number of carbonyl (C=O) groups excluding carboxylic acids is 2. The predicted octanol–water partition coefficient (Wildman–Crippen LogP) is 4.62. The fraction of sp³-hybridized carbons (Fsp3) is 0.818. The zero-order chi connectivity index (χ0) is 20.1. The van der Waals surface area contributed by atoms with E-state index in [0.717, 1.165) is 12.8 Å². The zero-order valence-corrected chi connectivity index (χ0v) is 17.8. The van der Waals surface area contributed by atoms with Crippen LogP contribution in [0.4, 0.5) is 0 Å². The minimum Gasteiger partial charge on any atom is -0.554 e. The van der Waals surface area contributed by atoms with Crippen LogP contribution in [-0.2, 0) is 9.59 Å². The van der Waals surface area contributed by atoms with Crippen LogP contribution in [0.15, 0.2) is 12.2 Å². The van der Waals surface area contributed by atoms with Crippen molar-refractivity contribution in [2.24, 2.45) is 0 Å². The van der Waals surface area contributed by atoms with Crippen molar-refractivity contribution < 1.29 is 19.2 Å². The molecule has 154 valence electrons. The van der Waals surface area contributed by atoms with Crippen molar-refractivity contribution in [2.75, 3.05) is 21.1 Å². The van der Waals surface area contributed by atoms with Crippen molar-refractivity contribution in [1.82, 2.24) is 0 Å². The molecule has 0 heterocycles. The van der Waals surface area contributed by atoms with Crippen LogP contribution < -0.4 is 5.11 Å². The summed E-state index contributed by atoms with van der Waals surface area (Å²) in [5.41, 5.74) is 0. The average Bonchev–Trinajstić information content (AvgIpc) is 2.58. The van der Waals surface area contributed by atoms with Gasteiger partial charge in [-0.2, -0.15) is 0 Å². The number of unbranched alkanes of at least 4 members (excludes halogenated alkanes) is 11. The van der Waals surface area contributed by atoms with E-state index in [0.29, 0.717) is 10.4 Å². The lowest BCUT2D eigenvalue weighted by molar-refractivity contribution is -0.792. The molecule has 0 aromatic rings. The Labute approximate surface area is 162 Å². The molecule has 0 unspecified atom stereocenters. The molecule has 0 saturated carbocycles. The van der Waals surface area contributed by atoms with Crippen LogP contribution in [-0.4, -0.2) is 38.0 Å². The Balaban J connectivity index is 0. The molecule has 0 atom stereocenters. The molecule has 1 amide bonds. The van der Waals surface area contributed by atoms with Crippen LogP contribution in [0, 0.1) is 0 Å². The van der Waals surface area contributed by atoms with Gasteiger partial charge < -0.3 is 9.90 Å². The Hall–Kier alpha value is -1.16. The number of amides is 1. The van der Waals surface area contributed by atoms with Crippen molar-refractivity contribution in [3.8, 4) is 0 Å². The van der Waals surface area contributed by atoms with Crippen LogP contribution in [0.1, 0.15) is 96.8 Å². The Morgan fingerprint density at radius 2 is 1.15 bits per heavy atom. The molecule has 0 aliphatic carbocycles. The first-order chi connectivity index (χ1) is 12.4. The Morgan fingerprint density at radius 3 is 1.58 bits per heavy atom. The third-order valence-electron chi connectivity index (χ3n) is 4.40. The van der Waals surface area contributed by atoms with Crippen molar-refractivity contribution in [2.45, 2.75) is 96.8 Å². The molecule has 0 radical (unpaired) electrons. The summed E-state index contributed by atoms with van der Waals surface area (Å²) < 4.78 is 0.462. The fourth-order valence-electron chi connectivity index (χ4n) is 2.68. The maximum atomic E-state index is 11.8. The van der Waals surface area contributed by atoms with Gasteiger partial charge in [0.1, 0.15) is 0 Å². The van der Waals surface area contributed by atoms with Gasteiger partial charge in [-0.05, 0) is 32.1 Å². The molecule has 0 fully saturated rings. The molecular weight excluding hydrogens is 326 g/mol. The van der Waals surface area contributed by atoms with Crippen molar-refractivity contribution in [1.29, 1.82) is 0 Å². The van der Waals surface area contributed by atoms with Gasteiger partial charge in [0, 0.05) is 6.47 Å². The van der Waals surface area contributed by atoms with E-state index in [1.54, 1.807) is 0 Å². The summed E-state index contributed by atoms with van der Waals surface area (Å²) in [6, 6.07) is 0. The Kier molecular flexibility index (Phi) is 21.0. The number of carboxylic acid groups (broad SMARTS) is 1. The number of carbonyl (C=O) groups is 2. The van der Waals surface area contributed by atoms with Crippen molar-refractivity contribution >= 4 is 12.4 Å². The molecule has 0 saturated heterocycles. The lowest BCUT2D eigenvalue weighted by Crippen LogP contribution is -2.40. The lowest BCUT2D eigenvalue weighted by atomic mass is 10.1. The van der Waals surface area contributed by atoms with E-state index < -0.39 is 6.47 Å². The smallest absolute Gasteiger partial charge is 0.313 e. The van der Waals surface area contributed by atoms with E-state index >= 15 is 0 Å². The molecule has 0 bridgehead atoms. The molecule has 0 aliphatic rings. The van der Waals surface area contributed by atoms with Crippen LogP contribution in [0.2, 0.25) is 0 Å². The van der Waals surface area contributed by atoms with Gasteiger partial charge >= 0.3 is 5.91 Å². The molecule has 4 heteroatoms. The first-order valence-electron chi connectivity index (χ1n) is 10.5. The van der Waals surface area contributed by atoms with E-state index in [-0.39, 0.29) is 0 Å². The third-order valence-corrected chi connectivity index (χ3v) is 4.40. The maximum absolute atomic E-state index is 11.8. The molecule has 0 aliphatic heterocycles. The topological polar surface area (TPSA) is 57.2 Å². The van der Waals surface area contributed by atoms with Crippen molar-refractivity contribution in [3.05, 3.63) is 12.2 Å². The average molecular weight is 370 g/mol. The number of hydrogen-bond donors (Lipinski definition) is 0. The number of rotatable bonds is 15. The zero-order valence-electron chi connectivity index (χ0n) is 17.8. The van der Waals surface area contributed by atoms with Gasteiger partial charge in [0.25, 0.3) is 0 Å². The van der Waals surface area contributed by atoms with Crippen molar-refractivity contribution in [3.63, 3.8) is 0 Å². The Morgan fingerprint density at radius 1 is 0.769 bits per heavy atom. The summed E-state index contributed by atoms with van der Waals surface area (Å²) in [6.45, 7) is 1.77. The number of nitrogens with zero attached hydrogens (tertiary/aromatic N) is 1. The monoisotopic (exact) mass is 369 g/mol. The van der Waals surface area contributed by atoms with Gasteiger partial charge in [-0.1, -0.05) is 70.4 Å². The molecule has 26 heavy (non-hydrogen) atoms. The molecule has 0 aromatic carbocycles. The normalized spacial score (nSPS) is 11.2. The summed E-state index contributed by atoms with van der Waals surface area (Å²) in [4.78, 5) is 20.0. The summed E-state index contributed by atoms with van der Waals surface area (Å²) in [6.07, 6.45) is 22.4. The van der Waals surface area contributed by atoms with Crippen LogP contribution in [0.5, 0.6) is 0 Å². The molecule has 4 nitrogen and oxygen atoms in total. The third kappa shape index (κ3) is 22.8. The van der Waals surface area contributed by atoms with Gasteiger partial charge in [0.05, 0.1) is 27.6 Å². The van der Waals surface area contributed by atoms with Gasteiger partial charge in [0.15, 0.2) is 0 Å². The van der Waals surface area contributed by atoms with E-state index in [2.05, 4.69) is 19.1 Å². The summed E-state index contributed by atoms with van der Waals surface area (Å²) in [5, 5.41) is 8.25. The molecule has 0 N–H and O–H groups in total. The second kappa shape index (κ2) is 20.2. The van der Waals surface area contributed by atoms with Gasteiger partial charge in [-0.25, -0.2) is 4.79 Å². The standard InChI is InChI=1S/C21H42NO.CH2O2/c1-5-6-7-8-9-10-11-12-13-14-15-16-17-18-19-20-21(23)22(2,3)4;2-1-3/h12-13H,5-11,14-20H2,1-4H3;1H,(H,2,3)/q+1;/p-1/b13-12-;.